The number of nitrogens with one attached hydrogen (secondary N) is 1. The molecule has 112 valence electrons. The number of hydrogen-bond donors (Lipinski definition) is 1. The number of non-ortho nitro benzene ring substituents is 1. The second-order valence-electron chi connectivity index (χ2n) is 5.25. The number of H-pyrrole nitrogens is 1. The summed E-state index contributed by atoms with van der Waals surface area (Å²) >= 11 is 0. The summed E-state index contributed by atoms with van der Waals surface area (Å²) in [5, 5.41) is 11.6. The number of aromatic nitrogens is 1. The van der Waals surface area contributed by atoms with Crippen molar-refractivity contribution < 1.29 is 9.72 Å². The van der Waals surface area contributed by atoms with Crippen molar-refractivity contribution in [3.63, 3.8) is 0 Å². The molecule has 1 heterocycles. The first kappa shape index (κ1) is 15.2. The predicted octanol–water partition coefficient (Wildman–Crippen LogP) is 4.62. The molecule has 0 aliphatic heterocycles. The van der Waals surface area contributed by atoms with Gasteiger partial charge in [-0.15, -0.1) is 0 Å². The Morgan fingerprint density at radius 2 is 2.00 bits per heavy atom. The maximum atomic E-state index is 12.2. The average Bonchev–Trinajstić information content (AvgIpc) is 2.90. The fraction of sp³-hybridized carbons (Fsp3) is 0.438. The molecule has 5 nitrogen and oxygen atoms in total. The highest BCUT2D eigenvalue weighted by Gasteiger charge is 2.18. The Bertz CT molecular complexity index is 646. The number of hydrogen-bond acceptors (Lipinski definition) is 3. The Labute approximate surface area is 123 Å². The van der Waals surface area contributed by atoms with Crippen LogP contribution in [0.1, 0.15) is 55.8 Å². The SMILES string of the molecule is CCCCCCCC(=O)c1c[nH]c2c([N+](=O)[O-])cccc12. The molecule has 0 spiro atoms. The van der Waals surface area contributed by atoms with Crippen molar-refractivity contribution in [1.29, 1.82) is 0 Å². The summed E-state index contributed by atoms with van der Waals surface area (Å²) in [5.74, 6) is 0.0539. The van der Waals surface area contributed by atoms with Crippen LogP contribution < -0.4 is 0 Å². The van der Waals surface area contributed by atoms with Crippen LogP contribution in [-0.2, 0) is 0 Å². The van der Waals surface area contributed by atoms with Crippen molar-refractivity contribution in [2.24, 2.45) is 0 Å². The van der Waals surface area contributed by atoms with Gasteiger partial charge in [0.2, 0.25) is 0 Å². The molecule has 1 aromatic carbocycles. The number of aromatic amines is 1. The lowest BCUT2D eigenvalue weighted by atomic mass is 10.0. The Hall–Kier alpha value is -2.17. The molecule has 1 aromatic heterocycles. The van der Waals surface area contributed by atoms with E-state index in [0.717, 1.165) is 19.3 Å². The van der Waals surface area contributed by atoms with Gasteiger partial charge in [0.1, 0.15) is 5.52 Å². The van der Waals surface area contributed by atoms with E-state index in [1.165, 1.54) is 18.9 Å². The van der Waals surface area contributed by atoms with Crippen LogP contribution in [0.3, 0.4) is 0 Å². The second kappa shape index (κ2) is 7.02. The van der Waals surface area contributed by atoms with Crippen molar-refractivity contribution in [2.45, 2.75) is 45.4 Å². The number of para-hydroxylation sites is 1. The van der Waals surface area contributed by atoms with Gasteiger partial charge in [0, 0.05) is 29.6 Å². The van der Waals surface area contributed by atoms with Gasteiger partial charge in [-0.05, 0) is 6.42 Å². The zero-order chi connectivity index (χ0) is 15.2. The quantitative estimate of drug-likeness (QED) is 0.333. The van der Waals surface area contributed by atoms with E-state index >= 15 is 0 Å². The molecule has 5 heteroatoms. The van der Waals surface area contributed by atoms with Crippen molar-refractivity contribution >= 4 is 22.4 Å². The second-order valence-corrected chi connectivity index (χ2v) is 5.25. The molecular formula is C16H20N2O3. The minimum Gasteiger partial charge on any atom is -0.355 e. The van der Waals surface area contributed by atoms with Crippen molar-refractivity contribution in [2.75, 3.05) is 0 Å². The maximum absolute atomic E-state index is 12.2. The van der Waals surface area contributed by atoms with Gasteiger partial charge in [0.15, 0.2) is 5.78 Å². The molecule has 0 aliphatic carbocycles. The van der Waals surface area contributed by atoms with E-state index in [0.29, 0.717) is 22.9 Å². The van der Waals surface area contributed by atoms with E-state index in [1.54, 1.807) is 18.3 Å². The molecule has 0 radical (unpaired) electrons. The van der Waals surface area contributed by atoms with Crippen LogP contribution in [-0.4, -0.2) is 15.7 Å². The van der Waals surface area contributed by atoms with Gasteiger partial charge in [0.25, 0.3) is 5.69 Å². The van der Waals surface area contributed by atoms with Gasteiger partial charge < -0.3 is 4.98 Å². The fourth-order valence-corrected chi connectivity index (χ4v) is 2.54. The third-order valence-electron chi connectivity index (χ3n) is 3.70. The molecule has 0 amide bonds. The number of rotatable bonds is 8. The van der Waals surface area contributed by atoms with Crippen LogP contribution in [0, 0.1) is 10.1 Å². The number of nitro groups is 1. The van der Waals surface area contributed by atoms with Gasteiger partial charge in [-0.3, -0.25) is 14.9 Å². The molecule has 21 heavy (non-hydrogen) atoms. The molecule has 0 aliphatic rings. The average molecular weight is 288 g/mol. The van der Waals surface area contributed by atoms with Crippen molar-refractivity contribution in [3.05, 3.63) is 40.1 Å². The largest absolute Gasteiger partial charge is 0.355 e. The minimum absolute atomic E-state index is 0.00879. The van der Waals surface area contributed by atoms with E-state index in [-0.39, 0.29) is 11.5 Å². The summed E-state index contributed by atoms with van der Waals surface area (Å²) in [5.41, 5.74) is 0.996. The number of nitrogens with zero attached hydrogens (tertiary/aromatic N) is 1. The molecule has 2 aromatic rings. The van der Waals surface area contributed by atoms with Gasteiger partial charge in [-0.25, -0.2) is 0 Å². The molecule has 0 fully saturated rings. The van der Waals surface area contributed by atoms with E-state index in [2.05, 4.69) is 11.9 Å². The monoisotopic (exact) mass is 288 g/mol. The van der Waals surface area contributed by atoms with Gasteiger partial charge in [-0.1, -0.05) is 44.7 Å². The number of carbonyl (C=O) groups is 1. The lowest BCUT2D eigenvalue weighted by molar-refractivity contribution is -0.383. The molecule has 0 atom stereocenters. The topological polar surface area (TPSA) is 76.0 Å². The van der Waals surface area contributed by atoms with Crippen LogP contribution in [0.15, 0.2) is 24.4 Å². The number of unbranched alkanes of at least 4 members (excludes halogenated alkanes) is 4. The number of carbonyl (C=O) groups excluding carboxylic acids is 1. The lowest BCUT2D eigenvalue weighted by Crippen LogP contribution is -1.98. The van der Waals surface area contributed by atoms with Crippen LogP contribution >= 0.6 is 0 Å². The summed E-state index contributed by atoms with van der Waals surface area (Å²) in [4.78, 5) is 25.6. The van der Waals surface area contributed by atoms with Crippen LogP contribution in [0.5, 0.6) is 0 Å². The van der Waals surface area contributed by atoms with E-state index in [9.17, 15) is 14.9 Å². The predicted molar refractivity (Wildman–Crippen MR) is 82.7 cm³/mol. The highest BCUT2D eigenvalue weighted by Crippen LogP contribution is 2.27. The third kappa shape index (κ3) is 3.48. The third-order valence-corrected chi connectivity index (χ3v) is 3.70. The van der Waals surface area contributed by atoms with E-state index in [4.69, 9.17) is 0 Å². The smallest absolute Gasteiger partial charge is 0.293 e. The maximum Gasteiger partial charge on any atom is 0.293 e. The van der Waals surface area contributed by atoms with Crippen LogP contribution in [0.4, 0.5) is 5.69 Å². The number of ketones is 1. The zero-order valence-electron chi connectivity index (χ0n) is 12.2. The fourth-order valence-electron chi connectivity index (χ4n) is 2.54. The number of benzene rings is 1. The summed E-state index contributed by atoms with van der Waals surface area (Å²) in [6.45, 7) is 2.16. The van der Waals surface area contributed by atoms with Crippen LogP contribution in [0.25, 0.3) is 10.9 Å². The van der Waals surface area contributed by atoms with Gasteiger partial charge >= 0.3 is 0 Å². The highest BCUT2D eigenvalue weighted by atomic mass is 16.6. The molecule has 0 unspecified atom stereocenters. The van der Waals surface area contributed by atoms with Gasteiger partial charge in [0.05, 0.1) is 4.92 Å². The first-order chi connectivity index (χ1) is 10.1. The molecule has 0 saturated carbocycles. The molecule has 1 N–H and O–H groups in total. The number of nitro benzene ring substituents is 1. The van der Waals surface area contributed by atoms with E-state index in [1.807, 2.05) is 0 Å². The normalized spacial score (nSPS) is 10.9. The minimum atomic E-state index is -0.433. The van der Waals surface area contributed by atoms with E-state index < -0.39 is 4.92 Å². The molecule has 2 rings (SSSR count). The highest BCUT2D eigenvalue weighted by molar-refractivity contribution is 6.09. The Kier molecular flexibility index (Phi) is 5.09. The molecular weight excluding hydrogens is 268 g/mol. The lowest BCUT2D eigenvalue weighted by Gasteiger charge is -2.00. The summed E-state index contributed by atoms with van der Waals surface area (Å²) < 4.78 is 0. The zero-order valence-corrected chi connectivity index (χ0v) is 12.2. The van der Waals surface area contributed by atoms with Crippen molar-refractivity contribution in [1.82, 2.24) is 4.98 Å². The summed E-state index contributed by atoms with van der Waals surface area (Å²) in [6, 6.07) is 4.81. The first-order valence-electron chi connectivity index (χ1n) is 7.42. The van der Waals surface area contributed by atoms with Crippen LogP contribution in [0.2, 0.25) is 0 Å². The summed E-state index contributed by atoms with van der Waals surface area (Å²) in [6.07, 6.45) is 7.56. The summed E-state index contributed by atoms with van der Waals surface area (Å²) in [7, 11) is 0. The van der Waals surface area contributed by atoms with Gasteiger partial charge in [-0.2, -0.15) is 0 Å². The Morgan fingerprint density at radius 3 is 2.71 bits per heavy atom. The van der Waals surface area contributed by atoms with Crippen molar-refractivity contribution in [3.8, 4) is 0 Å². The number of Topliss-reactive ketones (excluding diaryl/α,β-unsaturated/α-hetero) is 1. The molecule has 0 bridgehead atoms. The molecule has 0 saturated heterocycles. The Balaban J connectivity index is 2.10. The Morgan fingerprint density at radius 1 is 1.24 bits per heavy atom. The first-order valence-corrected chi connectivity index (χ1v) is 7.42. The standard InChI is InChI=1S/C16H20N2O3/c1-2-3-4-5-6-10-15(19)13-11-17-16-12(13)8-7-9-14(16)18(20)21/h7-9,11,17H,2-6,10H2,1H3. The number of fused-ring (bicyclic) bond motifs is 1.